The summed E-state index contributed by atoms with van der Waals surface area (Å²) < 4.78 is 14.1. The second kappa shape index (κ2) is 4.88. The molecule has 0 radical (unpaired) electrons. The number of rotatable bonds is 3. The van der Waals surface area contributed by atoms with Crippen LogP contribution in [-0.2, 0) is 0 Å². The van der Waals surface area contributed by atoms with Crippen molar-refractivity contribution in [1.82, 2.24) is 0 Å². The Morgan fingerprint density at radius 3 is 2.77 bits per heavy atom. The van der Waals surface area contributed by atoms with E-state index in [0.717, 1.165) is 3.57 Å². The van der Waals surface area contributed by atoms with E-state index >= 15 is 0 Å². The zero-order valence-corrected chi connectivity index (χ0v) is 9.16. The van der Waals surface area contributed by atoms with Crippen LogP contribution in [0.25, 0.3) is 0 Å². The summed E-state index contributed by atoms with van der Waals surface area (Å²) in [5.41, 5.74) is 6.20. The molecule has 0 aliphatic rings. The van der Waals surface area contributed by atoms with Crippen molar-refractivity contribution in [3.05, 3.63) is 33.1 Å². The topological polar surface area (TPSA) is 46.2 Å². The molecule has 1 atom stereocenters. The van der Waals surface area contributed by atoms with Gasteiger partial charge in [0.2, 0.25) is 0 Å². The van der Waals surface area contributed by atoms with Gasteiger partial charge in [0.05, 0.1) is 0 Å². The molecular weight excluding hydrogens is 284 g/mol. The monoisotopic (exact) mass is 295 g/mol. The maximum Gasteiger partial charge on any atom is 0.129 e. The first-order valence-electron chi connectivity index (χ1n) is 3.97. The fourth-order valence-electron chi connectivity index (χ4n) is 1.15. The van der Waals surface area contributed by atoms with Gasteiger partial charge in [-0.25, -0.2) is 4.39 Å². The molecule has 1 aromatic carbocycles. The Balaban J connectivity index is 2.98. The summed E-state index contributed by atoms with van der Waals surface area (Å²) in [6.45, 7) is -0.0222. The Bertz CT molecular complexity index is 273. The van der Waals surface area contributed by atoms with Gasteiger partial charge in [-0.05, 0) is 41.1 Å². The van der Waals surface area contributed by atoms with Crippen LogP contribution in [0.3, 0.4) is 0 Å². The van der Waals surface area contributed by atoms with Crippen molar-refractivity contribution >= 4 is 22.6 Å². The highest BCUT2D eigenvalue weighted by atomic mass is 127. The van der Waals surface area contributed by atoms with Crippen molar-refractivity contribution in [2.75, 3.05) is 6.61 Å². The highest BCUT2D eigenvalue weighted by molar-refractivity contribution is 14.1. The second-order valence-electron chi connectivity index (χ2n) is 2.75. The molecule has 72 valence electrons. The molecule has 0 fully saturated rings. The van der Waals surface area contributed by atoms with E-state index in [9.17, 15) is 4.39 Å². The molecule has 4 heteroatoms. The molecule has 0 spiro atoms. The Kier molecular flexibility index (Phi) is 4.08. The van der Waals surface area contributed by atoms with E-state index in [4.69, 9.17) is 10.8 Å². The standard InChI is InChI=1S/C9H11FINO/c10-6-2-1-3-7(11)9(6)8(12)4-5-13/h1-3,8,13H,4-5,12H2/t8-/m0/s1. The first-order chi connectivity index (χ1) is 6.16. The van der Waals surface area contributed by atoms with Gasteiger partial charge in [0, 0.05) is 21.8 Å². The highest BCUT2D eigenvalue weighted by Crippen LogP contribution is 2.23. The van der Waals surface area contributed by atoms with Crippen molar-refractivity contribution in [3.8, 4) is 0 Å². The van der Waals surface area contributed by atoms with Crippen LogP contribution < -0.4 is 5.73 Å². The van der Waals surface area contributed by atoms with Crippen molar-refractivity contribution in [2.45, 2.75) is 12.5 Å². The second-order valence-corrected chi connectivity index (χ2v) is 3.92. The predicted molar refractivity (Wildman–Crippen MR) is 57.7 cm³/mol. The lowest BCUT2D eigenvalue weighted by atomic mass is 10.0. The first-order valence-corrected chi connectivity index (χ1v) is 5.05. The minimum Gasteiger partial charge on any atom is -0.396 e. The largest absolute Gasteiger partial charge is 0.396 e. The van der Waals surface area contributed by atoms with Gasteiger partial charge in [-0.1, -0.05) is 6.07 Å². The molecule has 0 amide bonds. The summed E-state index contributed by atoms with van der Waals surface area (Å²) in [4.78, 5) is 0. The predicted octanol–water partition coefficient (Wildman–Crippen LogP) is 1.81. The molecule has 1 aromatic rings. The van der Waals surface area contributed by atoms with Crippen LogP contribution >= 0.6 is 22.6 Å². The normalized spacial score (nSPS) is 12.9. The average Bonchev–Trinajstić information content (AvgIpc) is 2.04. The third-order valence-corrected chi connectivity index (χ3v) is 2.75. The number of hydrogen-bond acceptors (Lipinski definition) is 2. The Morgan fingerprint density at radius 2 is 2.23 bits per heavy atom. The molecule has 2 nitrogen and oxygen atoms in total. The zero-order valence-electron chi connectivity index (χ0n) is 7.00. The van der Waals surface area contributed by atoms with E-state index in [0.29, 0.717) is 12.0 Å². The Hall–Kier alpha value is -0.200. The number of hydrogen-bond donors (Lipinski definition) is 2. The summed E-state index contributed by atoms with van der Waals surface area (Å²) >= 11 is 2.04. The smallest absolute Gasteiger partial charge is 0.129 e. The number of aliphatic hydroxyl groups excluding tert-OH is 1. The molecule has 1 rings (SSSR count). The minimum atomic E-state index is -0.418. The SMILES string of the molecule is N[C@@H](CCO)c1c(F)cccc1I. The van der Waals surface area contributed by atoms with Gasteiger partial charge in [-0.2, -0.15) is 0 Å². The maximum atomic E-state index is 13.3. The molecule has 0 saturated carbocycles. The van der Waals surface area contributed by atoms with Crippen molar-refractivity contribution in [1.29, 1.82) is 0 Å². The van der Waals surface area contributed by atoms with E-state index in [1.165, 1.54) is 6.07 Å². The van der Waals surface area contributed by atoms with Crippen LogP contribution in [0.15, 0.2) is 18.2 Å². The van der Waals surface area contributed by atoms with Crippen molar-refractivity contribution < 1.29 is 9.50 Å². The van der Waals surface area contributed by atoms with Gasteiger partial charge in [0.25, 0.3) is 0 Å². The van der Waals surface area contributed by atoms with Crippen LogP contribution in [-0.4, -0.2) is 11.7 Å². The molecule has 0 aliphatic heterocycles. The molecule has 13 heavy (non-hydrogen) atoms. The van der Waals surface area contributed by atoms with Gasteiger partial charge in [-0.15, -0.1) is 0 Å². The lowest BCUT2D eigenvalue weighted by Gasteiger charge is -2.13. The van der Waals surface area contributed by atoms with Crippen molar-refractivity contribution in [3.63, 3.8) is 0 Å². The summed E-state index contributed by atoms with van der Waals surface area (Å²) in [5.74, 6) is -0.298. The highest BCUT2D eigenvalue weighted by Gasteiger charge is 2.13. The summed E-state index contributed by atoms with van der Waals surface area (Å²) in [6.07, 6.45) is 0.386. The van der Waals surface area contributed by atoms with Crippen LogP contribution in [0, 0.1) is 9.39 Å². The van der Waals surface area contributed by atoms with E-state index in [1.54, 1.807) is 12.1 Å². The number of nitrogens with two attached hydrogens (primary N) is 1. The zero-order chi connectivity index (χ0) is 9.84. The van der Waals surface area contributed by atoms with Gasteiger partial charge in [0.15, 0.2) is 0 Å². The molecular formula is C9H11FINO. The van der Waals surface area contributed by atoms with Gasteiger partial charge in [0.1, 0.15) is 5.82 Å². The molecule has 0 unspecified atom stereocenters. The third kappa shape index (κ3) is 2.62. The first kappa shape index (κ1) is 10.9. The van der Waals surface area contributed by atoms with Gasteiger partial charge in [-0.3, -0.25) is 0 Å². The number of halogens is 2. The summed E-state index contributed by atoms with van der Waals surface area (Å²) in [6, 6.07) is 4.41. The van der Waals surface area contributed by atoms with E-state index in [1.807, 2.05) is 22.6 Å². The minimum absolute atomic E-state index is 0.0222. The summed E-state index contributed by atoms with van der Waals surface area (Å²) in [7, 11) is 0. The Labute approximate surface area is 90.1 Å². The quantitative estimate of drug-likeness (QED) is 0.836. The molecule has 0 saturated heterocycles. The lowest BCUT2D eigenvalue weighted by Crippen LogP contribution is -2.15. The van der Waals surface area contributed by atoms with Crippen LogP contribution in [0.5, 0.6) is 0 Å². The van der Waals surface area contributed by atoms with E-state index in [-0.39, 0.29) is 12.4 Å². The molecule has 0 aliphatic carbocycles. The maximum absolute atomic E-state index is 13.3. The molecule has 0 aromatic heterocycles. The average molecular weight is 295 g/mol. The van der Waals surface area contributed by atoms with Crippen LogP contribution in [0.1, 0.15) is 18.0 Å². The molecule has 0 heterocycles. The fraction of sp³-hybridized carbons (Fsp3) is 0.333. The van der Waals surface area contributed by atoms with Gasteiger partial charge < -0.3 is 10.8 Å². The number of benzene rings is 1. The summed E-state index contributed by atoms with van der Waals surface area (Å²) in [5, 5.41) is 8.67. The lowest BCUT2D eigenvalue weighted by molar-refractivity contribution is 0.275. The number of aliphatic hydroxyl groups is 1. The Morgan fingerprint density at radius 1 is 1.54 bits per heavy atom. The van der Waals surface area contributed by atoms with Crippen LogP contribution in [0.4, 0.5) is 4.39 Å². The van der Waals surface area contributed by atoms with E-state index in [2.05, 4.69) is 0 Å². The van der Waals surface area contributed by atoms with Gasteiger partial charge >= 0.3 is 0 Å². The fourth-order valence-corrected chi connectivity index (χ4v) is 2.01. The molecule has 0 bridgehead atoms. The third-order valence-electron chi connectivity index (χ3n) is 1.81. The van der Waals surface area contributed by atoms with Crippen molar-refractivity contribution in [2.24, 2.45) is 5.73 Å². The van der Waals surface area contributed by atoms with Crippen LogP contribution in [0.2, 0.25) is 0 Å². The van der Waals surface area contributed by atoms with E-state index < -0.39 is 6.04 Å². The molecule has 3 N–H and O–H groups in total.